The van der Waals surface area contributed by atoms with Gasteiger partial charge in [0.1, 0.15) is 5.60 Å². The molecule has 4 unspecified atom stereocenters. The summed E-state index contributed by atoms with van der Waals surface area (Å²) in [7, 11) is 0. The summed E-state index contributed by atoms with van der Waals surface area (Å²) in [6.45, 7) is 0. The first-order valence-electron chi connectivity index (χ1n) is 10.1. The van der Waals surface area contributed by atoms with E-state index in [2.05, 4.69) is 0 Å². The molecule has 4 aliphatic carbocycles. The number of carbonyl (C=O) groups is 2. The number of esters is 1. The lowest BCUT2D eigenvalue weighted by atomic mass is 9.48. The van der Waals surface area contributed by atoms with E-state index in [0.717, 1.165) is 6.42 Å². The van der Waals surface area contributed by atoms with E-state index in [-0.39, 0.29) is 30.6 Å². The Labute approximate surface area is 174 Å². The van der Waals surface area contributed by atoms with Crippen LogP contribution < -0.4 is 5.32 Å². The molecule has 0 aliphatic heterocycles. The van der Waals surface area contributed by atoms with E-state index in [9.17, 15) is 35.9 Å². The number of carbonyl (C=O) groups excluding carboxylic acids is 2. The molecule has 1 aromatic rings. The van der Waals surface area contributed by atoms with Gasteiger partial charge in [0.25, 0.3) is 0 Å². The number of halogens is 6. The number of rotatable bonds is 4. The maximum Gasteiger partial charge on any atom is 0.490 e. The molecule has 6 atom stereocenters. The lowest BCUT2D eigenvalue weighted by molar-refractivity contribution is -0.247. The van der Waals surface area contributed by atoms with Crippen LogP contribution in [0.4, 0.5) is 26.3 Å². The van der Waals surface area contributed by atoms with Gasteiger partial charge in [0.2, 0.25) is 0 Å². The zero-order valence-electron chi connectivity index (χ0n) is 16.3. The van der Waals surface area contributed by atoms with E-state index in [1.54, 1.807) is 18.2 Å². The molecule has 170 valence electrons. The average Bonchev–Trinajstić information content (AvgIpc) is 2.65. The van der Waals surface area contributed by atoms with Crippen LogP contribution >= 0.6 is 0 Å². The molecule has 5 rings (SSSR count). The highest BCUT2D eigenvalue weighted by molar-refractivity contribution is 5.82. The van der Waals surface area contributed by atoms with Crippen LogP contribution in [0.1, 0.15) is 43.7 Å². The maximum atomic E-state index is 13.1. The van der Waals surface area contributed by atoms with Gasteiger partial charge >= 0.3 is 24.2 Å². The average molecular weight is 449 g/mol. The van der Waals surface area contributed by atoms with Crippen molar-refractivity contribution in [2.75, 3.05) is 0 Å². The second-order valence-corrected chi connectivity index (χ2v) is 8.94. The van der Waals surface area contributed by atoms with E-state index in [4.69, 9.17) is 4.74 Å². The first-order valence-corrected chi connectivity index (χ1v) is 10.1. The molecule has 4 bridgehead atoms. The van der Waals surface area contributed by atoms with Gasteiger partial charge in [0.05, 0.1) is 6.04 Å². The Morgan fingerprint density at radius 3 is 2.03 bits per heavy atom. The number of nitrogens with one attached hydrogen (secondary N) is 1. The first-order chi connectivity index (χ1) is 14.4. The molecule has 0 aromatic heterocycles. The van der Waals surface area contributed by atoms with Gasteiger partial charge in [-0.05, 0) is 55.4 Å². The van der Waals surface area contributed by atoms with E-state index in [1.807, 2.05) is 5.32 Å². The molecular formula is C21H21F6NO3. The highest BCUT2D eigenvalue weighted by Crippen LogP contribution is 2.63. The summed E-state index contributed by atoms with van der Waals surface area (Å²) in [5, 5.41) is 2.00. The molecule has 10 heteroatoms. The predicted octanol–water partition coefficient (Wildman–Crippen LogP) is 4.71. The number of benzene rings is 1. The largest absolute Gasteiger partial charge is 0.490 e. The Balaban J connectivity index is 1.76. The van der Waals surface area contributed by atoms with Crippen LogP contribution in [0.15, 0.2) is 30.3 Å². The van der Waals surface area contributed by atoms with Crippen molar-refractivity contribution in [1.29, 1.82) is 0 Å². The third kappa shape index (κ3) is 4.13. The second kappa shape index (κ2) is 7.41. The number of hydrogen-bond donors (Lipinski definition) is 1. The van der Waals surface area contributed by atoms with Crippen molar-refractivity contribution in [3.8, 4) is 0 Å². The molecule has 1 amide bonds. The number of amides is 1. The summed E-state index contributed by atoms with van der Waals surface area (Å²) in [5.74, 6) is -5.57. The molecular weight excluding hydrogens is 428 g/mol. The zero-order chi connectivity index (χ0) is 22.6. The van der Waals surface area contributed by atoms with Crippen LogP contribution in [0, 0.1) is 23.7 Å². The van der Waals surface area contributed by atoms with Gasteiger partial charge in [-0.2, -0.15) is 26.3 Å². The topological polar surface area (TPSA) is 55.4 Å². The minimum Gasteiger partial charge on any atom is -0.452 e. The Bertz CT molecular complexity index is 839. The minimum absolute atomic E-state index is 0.0459. The molecule has 0 heterocycles. The fraction of sp³-hybridized carbons (Fsp3) is 0.619. The van der Waals surface area contributed by atoms with Gasteiger partial charge in [0, 0.05) is 5.92 Å². The Morgan fingerprint density at radius 1 is 0.935 bits per heavy atom. The van der Waals surface area contributed by atoms with E-state index < -0.39 is 41.8 Å². The maximum absolute atomic E-state index is 13.1. The molecule has 1 aromatic carbocycles. The smallest absolute Gasteiger partial charge is 0.452 e. The van der Waals surface area contributed by atoms with Crippen LogP contribution in [0.5, 0.6) is 0 Å². The van der Waals surface area contributed by atoms with Crippen LogP contribution in [-0.4, -0.2) is 29.8 Å². The number of ether oxygens (including phenoxy) is 1. The Morgan fingerprint density at radius 2 is 1.52 bits per heavy atom. The normalized spacial score (nSPS) is 33.1. The zero-order valence-corrected chi connectivity index (χ0v) is 16.3. The predicted molar refractivity (Wildman–Crippen MR) is 95.3 cm³/mol. The summed E-state index contributed by atoms with van der Waals surface area (Å²) < 4.78 is 83.5. The summed E-state index contributed by atoms with van der Waals surface area (Å²) in [6.07, 6.45) is -8.02. The molecule has 4 nitrogen and oxygen atoms in total. The van der Waals surface area contributed by atoms with Crippen LogP contribution in [0.2, 0.25) is 0 Å². The Hall–Kier alpha value is -2.26. The highest BCUT2D eigenvalue weighted by Gasteiger charge is 2.63. The monoisotopic (exact) mass is 449 g/mol. The second-order valence-electron chi connectivity index (χ2n) is 8.94. The van der Waals surface area contributed by atoms with E-state index >= 15 is 0 Å². The Kier molecular flexibility index (Phi) is 5.25. The van der Waals surface area contributed by atoms with Crippen molar-refractivity contribution in [2.45, 2.75) is 56.1 Å². The van der Waals surface area contributed by atoms with E-state index in [0.29, 0.717) is 18.4 Å². The van der Waals surface area contributed by atoms with Crippen molar-refractivity contribution >= 4 is 11.9 Å². The molecule has 4 fully saturated rings. The van der Waals surface area contributed by atoms with Crippen molar-refractivity contribution in [3.05, 3.63) is 35.9 Å². The number of alkyl halides is 6. The SMILES string of the molecule is O=C(N[C@@H](c1ccccc1)C1C2CC3C[C@H](C2)CC1(OC(=O)C(F)(F)F)C3)C(F)(F)F. The molecule has 0 spiro atoms. The third-order valence-corrected chi connectivity index (χ3v) is 6.91. The molecule has 31 heavy (non-hydrogen) atoms. The molecule has 4 saturated carbocycles. The number of hydrogen-bond acceptors (Lipinski definition) is 3. The lowest BCUT2D eigenvalue weighted by Gasteiger charge is -2.61. The van der Waals surface area contributed by atoms with Crippen LogP contribution in [0.3, 0.4) is 0 Å². The standard InChI is InChI=1S/C21H21F6NO3/c22-20(23,24)17(29)28-16(13-4-2-1-3-5-13)15-14-7-11-6-12(8-14)10-19(15,9-11)31-18(30)21(25,26)27/h1-5,11-12,14-16H,6-10H2,(H,28,29)/t11-,12?,14?,15?,16+,19?/m1/s1. The van der Waals surface area contributed by atoms with Crippen molar-refractivity contribution in [2.24, 2.45) is 23.7 Å². The third-order valence-electron chi connectivity index (χ3n) is 6.91. The summed E-state index contributed by atoms with van der Waals surface area (Å²) in [6, 6.07) is 6.60. The molecule has 0 radical (unpaired) electrons. The summed E-state index contributed by atoms with van der Waals surface area (Å²) in [5.41, 5.74) is -1.24. The first kappa shape index (κ1) is 22.0. The van der Waals surface area contributed by atoms with Gasteiger partial charge in [-0.25, -0.2) is 4.79 Å². The fourth-order valence-corrected chi connectivity index (χ4v) is 6.24. The van der Waals surface area contributed by atoms with Gasteiger partial charge in [-0.3, -0.25) is 4.79 Å². The van der Waals surface area contributed by atoms with Gasteiger partial charge in [-0.1, -0.05) is 30.3 Å². The van der Waals surface area contributed by atoms with Crippen molar-refractivity contribution in [3.63, 3.8) is 0 Å². The van der Waals surface area contributed by atoms with E-state index in [1.165, 1.54) is 12.1 Å². The molecule has 0 saturated heterocycles. The molecule has 1 N–H and O–H groups in total. The van der Waals surface area contributed by atoms with Crippen molar-refractivity contribution < 1.29 is 40.7 Å². The van der Waals surface area contributed by atoms with Crippen LogP contribution in [-0.2, 0) is 14.3 Å². The molecule has 4 aliphatic rings. The van der Waals surface area contributed by atoms with Crippen molar-refractivity contribution in [1.82, 2.24) is 5.32 Å². The summed E-state index contributed by atoms with van der Waals surface area (Å²) >= 11 is 0. The van der Waals surface area contributed by atoms with Gasteiger partial charge < -0.3 is 10.1 Å². The van der Waals surface area contributed by atoms with Crippen LogP contribution in [0.25, 0.3) is 0 Å². The van der Waals surface area contributed by atoms with Gasteiger partial charge in [0.15, 0.2) is 0 Å². The quantitative estimate of drug-likeness (QED) is 0.535. The minimum atomic E-state index is -5.22. The fourth-order valence-electron chi connectivity index (χ4n) is 6.24. The highest BCUT2D eigenvalue weighted by atomic mass is 19.4. The summed E-state index contributed by atoms with van der Waals surface area (Å²) in [4.78, 5) is 23.7. The lowest BCUT2D eigenvalue weighted by Crippen LogP contribution is -2.63. The van der Waals surface area contributed by atoms with Gasteiger partial charge in [-0.15, -0.1) is 0 Å².